The van der Waals surface area contributed by atoms with Crippen molar-refractivity contribution in [1.29, 1.82) is 0 Å². The summed E-state index contributed by atoms with van der Waals surface area (Å²) in [7, 11) is 0. The lowest BCUT2D eigenvalue weighted by atomic mass is 9.91. The molecule has 128 valence electrons. The number of carboxylic acid groups (broad SMARTS) is 1. The van der Waals surface area contributed by atoms with E-state index in [0.29, 0.717) is 26.1 Å². The Labute approximate surface area is 144 Å². The molecule has 0 heterocycles. The average molecular weight is 326 g/mol. The molecule has 0 amide bonds. The van der Waals surface area contributed by atoms with Gasteiger partial charge in [-0.25, -0.2) is 0 Å². The highest BCUT2D eigenvalue weighted by atomic mass is 16.5. The number of benzene rings is 2. The van der Waals surface area contributed by atoms with E-state index >= 15 is 0 Å². The summed E-state index contributed by atoms with van der Waals surface area (Å²) in [6, 6.07) is 20.1. The van der Waals surface area contributed by atoms with Crippen LogP contribution in [0.5, 0.6) is 0 Å². The maximum atomic E-state index is 11.5. The molecule has 0 bridgehead atoms. The zero-order valence-corrected chi connectivity index (χ0v) is 14.2. The molecule has 3 heteroatoms. The third kappa shape index (κ3) is 6.55. The van der Waals surface area contributed by atoms with Crippen molar-refractivity contribution in [3.8, 4) is 0 Å². The van der Waals surface area contributed by atoms with Gasteiger partial charge in [0.15, 0.2) is 0 Å². The fourth-order valence-corrected chi connectivity index (χ4v) is 2.83. The van der Waals surface area contributed by atoms with Crippen LogP contribution in [0.1, 0.15) is 30.9 Å². The number of aliphatic carboxylic acids is 1. The summed E-state index contributed by atoms with van der Waals surface area (Å²) in [5.74, 6) is -0.799. The Hall–Kier alpha value is -2.13. The predicted molar refractivity (Wildman–Crippen MR) is 95.8 cm³/mol. The van der Waals surface area contributed by atoms with Gasteiger partial charge < -0.3 is 9.84 Å². The summed E-state index contributed by atoms with van der Waals surface area (Å²) in [4.78, 5) is 11.5. The monoisotopic (exact) mass is 326 g/mol. The molecule has 0 fully saturated rings. The maximum Gasteiger partial charge on any atom is 0.306 e. The normalized spacial score (nSPS) is 13.4. The molecule has 0 aliphatic rings. The average Bonchev–Trinajstić information content (AvgIpc) is 2.60. The fourth-order valence-electron chi connectivity index (χ4n) is 2.83. The number of aryl methyl sites for hydroxylation is 1. The standard InChI is InChI=1S/C21H26O3/c1-17(15-24-16-19-10-6-3-7-11-19)14-20(21(22)23)13-12-18-8-4-2-5-9-18/h2-11,17,20H,12-16H2,1H3,(H,22,23)/t17-,20-/m1/s1. The lowest BCUT2D eigenvalue weighted by Gasteiger charge is -2.18. The summed E-state index contributed by atoms with van der Waals surface area (Å²) in [5.41, 5.74) is 2.33. The van der Waals surface area contributed by atoms with E-state index in [2.05, 4.69) is 6.92 Å². The van der Waals surface area contributed by atoms with E-state index in [9.17, 15) is 9.90 Å². The van der Waals surface area contributed by atoms with Crippen molar-refractivity contribution in [2.24, 2.45) is 11.8 Å². The SMILES string of the molecule is C[C@@H](COCc1ccccc1)C[C@@H](CCc1ccccc1)C(=O)O. The largest absolute Gasteiger partial charge is 0.481 e. The van der Waals surface area contributed by atoms with Crippen molar-refractivity contribution in [1.82, 2.24) is 0 Å². The molecule has 1 N–H and O–H groups in total. The van der Waals surface area contributed by atoms with Gasteiger partial charge in [0, 0.05) is 6.61 Å². The van der Waals surface area contributed by atoms with Crippen molar-refractivity contribution >= 4 is 5.97 Å². The Morgan fingerprint density at radius 2 is 1.58 bits per heavy atom. The number of ether oxygens (including phenoxy) is 1. The Kier molecular flexibility index (Phi) is 7.50. The van der Waals surface area contributed by atoms with Crippen LogP contribution in [0.25, 0.3) is 0 Å². The number of rotatable bonds is 10. The van der Waals surface area contributed by atoms with E-state index in [1.54, 1.807) is 0 Å². The van der Waals surface area contributed by atoms with Gasteiger partial charge in [-0.2, -0.15) is 0 Å². The topological polar surface area (TPSA) is 46.5 Å². The molecule has 2 atom stereocenters. The highest BCUT2D eigenvalue weighted by molar-refractivity contribution is 5.69. The zero-order chi connectivity index (χ0) is 17.2. The van der Waals surface area contributed by atoms with Crippen LogP contribution < -0.4 is 0 Å². The van der Waals surface area contributed by atoms with Gasteiger partial charge in [-0.05, 0) is 36.3 Å². The van der Waals surface area contributed by atoms with Crippen molar-refractivity contribution in [3.63, 3.8) is 0 Å². The van der Waals surface area contributed by atoms with Crippen LogP contribution in [0.15, 0.2) is 60.7 Å². The van der Waals surface area contributed by atoms with Crippen LogP contribution >= 0.6 is 0 Å². The Bertz CT molecular complexity index is 595. The molecule has 3 nitrogen and oxygen atoms in total. The molecular formula is C21H26O3. The van der Waals surface area contributed by atoms with Crippen LogP contribution in [0.2, 0.25) is 0 Å². The number of hydrogen-bond donors (Lipinski definition) is 1. The Balaban J connectivity index is 1.74. The summed E-state index contributed by atoms with van der Waals surface area (Å²) in [6.45, 7) is 3.22. The van der Waals surface area contributed by atoms with Crippen LogP contribution in [-0.4, -0.2) is 17.7 Å². The minimum absolute atomic E-state index is 0.227. The molecule has 0 radical (unpaired) electrons. The second-order valence-corrected chi connectivity index (χ2v) is 6.40. The number of carbonyl (C=O) groups is 1. The minimum atomic E-state index is -0.708. The molecule has 24 heavy (non-hydrogen) atoms. The first kappa shape index (κ1) is 18.2. The molecular weight excluding hydrogens is 300 g/mol. The van der Waals surface area contributed by atoms with Gasteiger partial charge in [0.25, 0.3) is 0 Å². The minimum Gasteiger partial charge on any atom is -0.481 e. The molecule has 0 aliphatic heterocycles. The van der Waals surface area contributed by atoms with E-state index in [0.717, 1.165) is 12.0 Å². The van der Waals surface area contributed by atoms with Gasteiger partial charge >= 0.3 is 5.97 Å². The van der Waals surface area contributed by atoms with E-state index in [4.69, 9.17) is 4.74 Å². The molecule has 2 aromatic carbocycles. The Morgan fingerprint density at radius 3 is 2.17 bits per heavy atom. The second-order valence-electron chi connectivity index (χ2n) is 6.40. The first-order valence-electron chi connectivity index (χ1n) is 8.53. The van der Waals surface area contributed by atoms with E-state index in [1.807, 2.05) is 60.7 Å². The third-order valence-electron chi connectivity index (χ3n) is 4.17. The summed E-state index contributed by atoms with van der Waals surface area (Å²) in [5, 5.41) is 9.46. The van der Waals surface area contributed by atoms with Gasteiger partial charge in [-0.1, -0.05) is 67.6 Å². The van der Waals surface area contributed by atoms with Gasteiger partial charge in [-0.15, -0.1) is 0 Å². The van der Waals surface area contributed by atoms with Crippen LogP contribution in [0.4, 0.5) is 0 Å². The van der Waals surface area contributed by atoms with E-state index in [-0.39, 0.29) is 11.8 Å². The summed E-state index contributed by atoms with van der Waals surface area (Å²) >= 11 is 0. The Morgan fingerprint density at radius 1 is 1.00 bits per heavy atom. The molecule has 0 aliphatic carbocycles. The van der Waals surface area contributed by atoms with Crippen LogP contribution in [0, 0.1) is 11.8 Å². The lowest BCUT2D eigenvalue weighted by molar-refractivity contribution is -0.142. The predicted octanol–water partition coefficient (Wildman–Crippen LogP) is 4.56. The van der Waals surface area contributed by atoms with Crippen molar-refractivity contribution in [2.45, 2.75) is 32.8 Å². The van der Waals surface area contributed by atoms with Gasteiger partial charge in [0.2, 0.25) is 0 Å². The number of carboxylic acids is 1. The highest BCUT2D eigenvalue weighted by Crippen LogP contribution is 2.19. The number of hydrogen-bond acceptors (Lipinski definition) is 2. The molecule has 2 rings (SSSR count). The van der Waals surface area contributed by atoms with Crippen LogP contribution in [0.3, 0.4) is 0 Å². The molecule has 0 spiro atoms. The summed E-state index contributed by atoms with van der Waals surface area (Å²) < 4.78 is 5.73. The lowest BCUT2D eigenvalue weighted by Crippen LogP contribution is -2.20. The smallest absolute Gasteiger partial charge is 0.306 e. The van der Waals surface area contributed by atoms with E-state index in [1.165, 1.54) is 5.56 Å². The molecule has 0 saturated heterocycles. The van der Waals surface area contributed by atoms with Gasteiger partial charge in [0.05, 0.1) is 12.5 Å². The van der Waals surface area contributed by atoms with Crippen molar-refractivity contribution in [3.05, 3.63) is 71.8 Å². The first-order valence-corrected chi connectivity index (χ1v) is 8.53. The quantitative estimate of drug-likeness (QED) is 0.696. The maximum absolute atomic E-state index is 11.5. The third-order valence-corrected chi connectivity index (χ3v) is 4.17. The van der Waals surface area contributed by atoms with Crippen molar-refractivity contribution < 1.29 is 14.6 Å². The summed E-state index contributed by atoms with van der Waals surface area (Å²) in [6.07, 6.45) is 2.12. The fraction of sp³-hybridized carbons (Fsp3) is 0.381. The van der Waals surface area contributed by atoms with Gasteiger partial charge in [0.1, 0.15) is 0 Å². The second kappa shape index (κ2) is 9.89. The molecule has 2 aromatic rings. The molecule has 0 saturated carbocycles. The van der Waals surface area contributed by atoms with Crippen molar-refractivity contribution in [2.75, 3.05) is 6.61 Å². The highest BCUT2D eigenvalue weighted by Gasteiger charge is 2.20. The molecule has 0 unspecified atom stereocenters. The molecule has 0 aromatic heterocycles. The zero-order valence-electron chi connectivity index (χ0n) is 14.2. The van der Waals surface area contributed by atoms with E-state index < -0.39 is 5.97 Å². The van der Waals surface area contributed by atoms with Crippen LogP contribution in [-0.2, 0) is 22.6 Å². The van der Waals surface area contributed by atoms with Gasteiger partial charge in [-0.3, -0.25) is 4.79 Å². The first-order chi connectivity index (χ1) is 11.6.